The van der Waals surface area contributed by atoms with Crippen molar-refractivity contribution in [3.8, 4) is 11.1 Å². The molecule has 6 heteroatoms. The van der Waals surface area contributed by atoms with Crippen LogP contribution in [0.1, 0.15) is 54.5 Å². The summed E-state index contributed by atoms with van der Waals surface area (Å²) in [6.07, 6.45) is -6.08. The summed E-state index contributed by atoms with van der Waals surface area (Å²) in [4.78, 5) is 0. The third-order valence-electron chi connectivity index (χ3n) is 4.56. The van der Waals surface area contributed by atoms with Crippen LogP contribution in [0, 0.1) is 6.42 Å². The lowest BCUT2D eigenvalue weighted by Crippen LogP contribution is -2.11. The van der Waals surface area contributed by atoms with Gasteiger partial charge in [0.05, 0.1) is 11.1 Å². The Balaban J connectivity index is 2.36. The largest absolute Gasteiger partial charge is 0.416 e. The van der Waals surface area contributed by atoms with Crippen LogP contribution in [0.2, 0.25) is 0 Å². The number of benzene rings is 2. The van der Waals surface area contributed by atoms with Gasteiger partial charge >= 0.3 is 12.4 Å². The van der Waals surface area contributed by atoms with Gasteiger partial charge in [0.1, 0.15) is 0 Å². The van der Waals surface area contributed by atoms with E-state index in [4.69, 9.17) is 0 Å². The molecule has 27 heavy (non-hydrogen) atoms. The molecule has 2 aromatic rings. The average molecular weight is 383 g/mol. The van der Waals surface area contributed by atoms with Crippen molar-refractivity contribution in [1.29, 1.82) is 0 Å². The van der Waals surface area contributed by atoms with Crippen LogP contribution in [-0.2, 0) is 12.4 Å². The predicted octanol–water partition coefficient (Wildman–Crippen LogP) is 7.48. The molecule has 0 amide bonds. The number of hydrogen-bond acceptors (Lipinski definition) is 0. The molecule has 0 unspecified atom stereocenters. The van der Waals surface area contributed by atoms with Gasteiger partial charge < -0.3 is 0 Å². The Kier molecular flexibility index (Phi) is 4.65. The first-order chi connectivity index (χ1) is 12.4. The van der Waals surface area contributed by atoms with Crippen molar-refractivity contribution in [1.82, 2.24) is 0 Å². The van der Waals surface area contributed by atoms with Crippen molar-refractivity contribution < 1.29 is 26.3 Å². The Bertz CT molecular complexity index is 881. The van der Waals surface area contributed by atoms with Gasteiger partial charge in [-0.05, 0) is 58.9 Å². The highest BCUT2D eigenvalue weighted by molar-refractivity contribution is 5.86. The highest BCUT2D eigenvalue weighted by Crippen LogP contribution is 2.44. The fourth-order valence-corrected chi connectivity index (χ4v) is 3.35. The molecule has 1 aliphatic carbocycles. The lowest BCUT2D eigenvalue weighted by Gasteiger charge is -2.20. The Hall–Kier alpha value is -2.24. The summed E-state index contributed by atoms with van der Waals surface area (Å²) in [6.45, 7) is 5.56. The van der Waals surface area contributed by atoms with E-state index in [1.54, 1.807) is 12.1 Å². The quantitative estimate of drug-likeness (QED) is 0.472. The van der Waals surface area contributed by atoms with Crippen molar-refractivity contribution in [2.24, 2.45) is 0 Å². The highest BCUT2D eigenvalue weighted by Gasteiger charge is 2.37. The molecule has 0 aliphatic heterocycles. The van der Waals surface area contributed by atoms with Gasteiger partial charge in [0.25, 0.3) is 0 Å². The van der Waals surface area contributed by atoms with Crippen molar-refractivity contribution in [3.63, 3.8) is 0 Å². The highest BCUT2D eigenvalue weighted by atomic mass is 19.4. The van der Waals surface area contributed by atoms with Crippen molar-refractivity contribution in [2.75, 3.05) is 0 Å². The van der Waals surface area contributed by atoms with Crippen LogP contribution in [0.15, 0.2) is 35.9 Å². The molecule has 0 N–H and O–H groups in total. The number of fused-ring (bicyclic) bond motifs is 1. The monoisotopic (exact) mass is 383 g/mol. The fraction of sp³-hybridized carbons (Fsp3) is 0.286. The fourth-order valence-electron chi connectivity index (χ4n) is 3.35. The van der Waals surface area contributed by atoms with Crippen LogP contribution in [0.3, 0.4) is 0 Å². The predicted molar refractivity (Wildman–Crippen MR) is 93.0 cm³/mol. The molecular formula is C21H17F6. The molecule has 0 saturated carbocycles. The molecule has 0 nitrogen and oxygen atoms in total. The third-order valence-corrected chi connectivity index (χ3v) is 4.56. The van der Waals surface area contributed by atoms with Gasteiger partial charge in [-0.3, -0.25) is 0 Å². The second-order valence-electron chi connectivity index (χ2n) is 7.01. The zero-order chi connectivity index (χ0) is 20.1. The van der Waals surface area contributed by atoms with Gasteiger partial charge in [0.15, 0.2) is 0 Å². The van der Waals surface area contributed by atoms with Gasteiger partial charge in [-0.25, -0.2) is 0 Å². The number of rotatable bonds is 2. The minimum absolute atomic E-state index is 0.0662. The summed E-state index contributed by atoms with van der Waals surface area (Å²) in [6, 6.07) is 5.39. The maximum absolute atomic E-state index is 13.3. The molecule has 1 aliphatic rings. The second-order valence-corrected chi connectivity index (χ2v) is 7.01. The van der Waals surface area contributed by atoms with E-state index >= 15 is 0 Å². The Morgan fingerprint density at radius 2 is 1.37 bits per heavy atom. The molecule has 0 heterocycles. The first-order valence-electron chi connectivity index (χ1n) is 8.37. The minimum Gasteiger partial charge on any atom is -0.166 e. The van der Waals surface area contributed by atoms with E-state index in [1.165, 1.54) is 0 Å². The summed E-state index contributed by atoms with van der Waals surface area (Å²) in [5, 5.41) is 0. The maximum Gasteiger partial charge on any atom is 0.416 e. The van der Waals surface area contributed by atoms with Gasteiger partial charge in [0.2, 0.25) is 0 Å². The molecule has 0 saturated heterocycles. The Morgan fingerprint density at radius 1 is 0.815 bits per heavy atom. The van der Waals surface area contributed by atoms with Gasteiger partial charge in [-0.1, -0.05) is 37.6 Å². The van der Waals surface area contributed by atoms with Crippen molar-refractivity contribution in [3.05, 3.63) is 70.1 Å². The molecule has 3 rings (SSSR count). The first kappa shape index (κ1) is 19.5. The number of alkyl halides is 6. The molecule has 0 bridgehead atoms. The van der Waals surface area contributed by atoms with Crippen LogP contribution in [0.25, 0.3) is 17.2 Å². The number of hydrogen-bond donors (Lipinski definition) is 0. The smallest absolute Gasteiger partial charge is 0.166 e. The molecule has 1 radical (unpaired) electrons. The normalized spacial score (nSPS) is 14.5. The molecular weight excluding hydrogens is 366 g/mol. The standard InChI is InChI=1S/C21H17F6/c1-11(2)17-5-4-13-6-12(3)7-18(13)19(17)14-8-15(20(22,23)24)10-16(9-14)21(25,26)27/h4-11H,1-3H3. The van der Waals surface area contributed by atoms with Crippen LogP contribution in [0.4, 0.5) is 26.3 Å². The minimum atomic E-state index is -4.87. The zero-order valence-electron chi connectivity index (χ0n) is 14.9. The average Bonchev–Trinajstić information content (AvgIpc) is 2.91. The SMILES string of the molecule is CC1=Cc2c(ccc(C(C)C)c2-c2cc(C(F)(F)F)cc(C(F)(F)F)c2)[CH]1. The number of halogens is 6. The van der Waals surface area contributed by atoms with Crippen molar-refractivity contribution in [2.45, 2.75) is 39.0 Å². The summed E-state index contributed by atoms with van der Waals surface area (Å²) in [5.74, 6) is -0.0662. The van der Waals surface area contributed by atoms with Crippen LogP contribution < -0.4 is 0 Å². The first-order valence-corrected chi connectivity index (χ1v) is 8.37. The summed E-state index contributed by atoms with van der Waals surface area (Å²) in [5.41, 5.74) is 0.800. The van der Waals surface area contributed by atoms with Crippen LogP contribution in [0.5, 0.6) is 0 Å². The van der Waals surface area contributed by atoms with E-state index < -0.39 is 23.5 Å². The zero-order valence-corrected chi connectivity index (χ0v) is 14.9. The van der Waals surface area contributed by atoms with Crippen LogP contribution in [-0.4, -0.2) is 0 Å². The molecule has 0 spiro atoms. The van der Waals surface area contributed by atoms with Crippen molar-refractivity contribution >= 4 is 6.08 Å². The summed E-state index contributed by atoms with van der Waals surface area (Å²) >= 11 is 0. The molecule has 0 aromatic heterocycles. The number of allylic oxidation sites excluding steroid dienone is 1. The lowest BCUT2D eigenvalue weighted by atomic mass is 9.86. The van der Waals surface area contributed by atoms with Gasteiger partial charge in [-0.15, -0.1) is 0 Å². The summed E-state index contributed by atoms with van der Waals surface area (Å²) < 4.78 is 79.6. The Labute approximate surface area is 153 Å². The van der Waals surface area contributed by atoms with Crippen LogP contribution >= 0.6 is 0 Å². The van der Waals surface area contributed by atoms with E-state index in [2.05, 4.69) is 0 Å². The molecule has 0 fully saturated rings. The van der Waals surface area contributed by atoms with Gasteiger partial charge in [0, 0.05) is 6.42 Å². The Morgan fingerprint density at radius 3 is 1.85 bits per heavy atom. The third kappa shape index (κ3) is 3.75. The molecule has 143 valence electrons. The van der Waals surface area contributed by atoms with E-state index in [0.717, 1.165) is 23.3 Å². The maximum atomic E-state index is 13.3. The molecule has 2 aromatic carbocycles. The van der Waals surface area contributed by atoms with Gasteiger partial charge in [-0.2, -0.15) is 26.3 Å². The van der Waals surface area contributed by atoms with E-state index in [9.17, 15) is 26.3 Å². The van der Waals surface area contributed by atoms with E-state index in [-0.39, 0.29) is 17.5 Å². The topological polar surface area (TPSA) is 0 Å². The summed E-state index contributed by atoms with van der Waals surface area (Å²) in [7, 11) is 0. The van der Waals surface area contributed by atoms with E-state index in [0.29, 0.717) is 16.7 Å². The molecule has 0 atom stereocenters. The van der Waals surface area contributed by atoms with E-state index in [1.807, 2.05) is 33.3 Å². The second kappa shape index (κ2) is 6.43. The lowest BCUT2D eigenvalue weighted by molar-refractivity contribution is -0.143.